The van der Waals surface area contributed by atoms with E-state index in [4.69, 9.17) is 11.6 Å². The zero-order valence-electron chi connectivity index (χ0n) is 8.16. The van der Waals surface area contributed by atoms with Gasteiger partial charge in [-0.25, -0.2) is 18.1 Å². The van der Waals surface area contributed by atoms with Gasteiger partial charge in [0.05, 0.1) is 6.20 Å². The second-order valence-corrected chi connectivity index (χ2v) is 7.47. The molecule has 0 spiro atoms. The summed E-state index contributed by atoms with van der Waals surface area (Å²) >= 11 is 6.57. The molecule has 0 radical (unpaired) electrons. The van der Waals surface area contributed by atoms with Gasteiger partial charge in [-0.05, 0) is 26.2 Å². The summed E-state index contributed by atoms with van der Waals surface area (Å²) in [5.41, 5.74) is -0.282. The number of halogens is 1. The van der Waals surface area contributed by atoms with Crippen molar-refractivity contribution in [3.63, 3.8) is 0 Å². The van der Waals surface area contributed by atoms with E-state index in [0.29, 0.717) is 0 Å². The summed E-state index contributed by atoms with van der Waals surface area (Å²) in [4.78, 5) is 3.72. The Morgan fingerprint density at radius 1 is 1.60 bits per heavy atom. The summed E-state index contributed by atoms with van der Waals surface area (Å²) in [7, 11) is -3.44. The molecule has 1 aliphatic carbocycles. The predicted molar refractivity (Wildman–Crippen MR) is 59.7 cm³/mol. The molecule has 15 heavy (non-hydrogen) atoms. The summed E-state index contributed by atoms with van der Waals surface area (Å²) in [5, 5.41) is 0. The van der Waals surface area contributed by atoms with Crippen LogP contribution in [0.2, 0.25) is 4.47 Å². The van der Waals surface area contributed by atoms with Gasteiger partial charge >= 0.3 is 0 Å². The average Bonchev–Trinajstić information content (AvgIpc) is 2.49. The van der Waals surface area contributed by atoms with E-state index in [1.54, 1.807) is 0 Å². The minimum atomic E-state index is -3.44. The molecule has 0 saturated heterocycles. The lowest BCUT2D eigenvalue weighted by Crippen LogP contribution is -2.50. The molecule has 2 rings (SSSR count). The van der Waals surface area contributed by atoms with Crippen LogP contribution in [0.15, 0.2) is 10.4 Å². The minimum absolute atomic E-state index is 0.181. The van der Waals surface area contributed by atoms with Crippen LogP contribution in [0.3, 0.4) is 0 Å². The van der Waals surface area contributed by atoms with Crippen molar-refractivity contribution in [1.82, 2.24) is 9.71 Å². The zero-order valence-corrected chi connectivity index (χ0v) is 10.5. The van der Waals surface area contributed by atoms with E-state index in [-0.39, 0.29) is 14.2 Å². The fourth-order valence-corrected chi connectivity index (χ4v) is 4.31. The third-order valence-electron chi connectivity index (χ3n) is 2.56. The molecule has 7 heteroatoms. The van der Waals surface area contributed by atoms with Crippen LogP contribution in [0.5, 0.6) is 0 Å². The Morgan fingerprint density at radius 2 is 2.27 bits per heavy atom. The Morgan fingerprint density at radius 3 is 2.67 bits per heavy atom. The molecule has 1 aromatic heterocycles. The quantitative estimate of drug-likeness (QED) is 0.911. The summed E-state index contributed by atoms with van der Waals surface area (Å²) in [6.45, 7) is 1.91. The van der Waals surface area contributed by atoms with Crippen molar-refractivity contribution in [2.45, 2.75) is 35.9 Å². The number of hydrogen-bond acceptors (Lipinski definition) is 4. The van der Waals surface area contributed by atoms with Gasteiger partial charge in [-0.15, -0.1) is 0 Å². The molecule has 1 heterocycles. The molecule has 1 aliphatic rings. The highest BCUT2D eigenvalue weighted by molar-refractivity contribution is 7.91. The van der Waals surface area contributed by atoms with Crippen LogP contribution >= 0.6 is 22.9 Å². The molecular formula is C8H11ClN2O2S2. The Balaban J connectivity index is 2.20. The van der Waals surface area contributed by atoms with Gasteiger partial charge in [-0.1, -0.05) is 22.9 Å². The van der Waals surface area contributed by atoms with Crippen molar-refractivity contribution in [3.8, 4) is 0 Å². The predicted octanol–water partition coefficient (Wildman–Crippen LogP) is 2.02. The molecule has 84 valence electrons. The van der Waals surface area contributed by atoms with Crippen molar-refractivity contribution in [2.75, 3.05) is 0 Å². The van der Waals surface area contributed by atoms with Crippen LogP contribution in [-0.2, 0) is 10.0 Å². The number of aromatic nitrogens is 1. The van der Waals surface area contributed by atoms with Crippen molar-refractivity contribution in [3.05, 3.63) is 10.7 Å². The number of hydrogen-bond donors (Lipinski definition) is 1. The molecule has 0 unspecified atom stereocenters. The smallest absolute Gasteiger partial charge is 0.232 e. The molecule has 1 saturated carbocycles. The maximum atomic E-state index is 11.9. The topological polar surface area (TPSA) is 59.1 Å². The van der Waals surface area contributed by atoms with Crippen molar-refractivity contribution < 1.29 is 8.42 Å². The molecule has 0 amide bonds. The zero-order chi connectivity index (χ0) is 11.1. The van der Waals surface area contributed by atoms with Crippen LogP contribution < -0.4 is 4.72 Å². The van der Waals surface area contributed by atoms with Gasteiger partial charge < -0.3 is 0 Å². The average molecular weight is 267 g/mol. The highest BCUT2D eigenvalue weighted by atomic mass is 35.5. The normalized spacial score (nSPS) is 19.9. The number of sulfonamides is 1. The Bertz CT molecular complexity index is 465. The van der Waals surface area contributed by atoms with Crippen LogP contribution in [0.25, 0.3) is 0 Å². The minimum Gasteiger partial charge on any atom is -0.232 e. The monoisotopic (exact) mass is 266 g/mol. The van der Waals surface area contributed by atoms with E-state index in [1.807, 2.05) is 6.92 Å². The van der Waals surface area contributed by atoms with E-state index in [1.165, 1.54) is 6.20 Å². The molecule has 0 bridgehead atoms. The Labute approximate surface area is 97.7 Å². The number of nitrogens with zero attached hydrogens (tertiary/aromatic N) is 1. The van der Waals surface area contributed by atoms with E-state index in [2.05, 4.69) is 9.71 Å². The molecular weight excluding hydrogens is 256 g/mol. The van der Waals surface area contributed by atoms with E-state index >= 15 is 0 Å². The van der Waals surface area contributed by atoms with Gasteiger partial charge in [0.15, 0.2) is 8.68 Å². The standard InChI is InChI=1S/C8H11ClN2O2S2/c1-8(3-2-4-8)11-15(12,13)6-5-10-7(9)14-6/h5,11H,2-4H2,1H3. The number of thiazole rings is 1. The summed E-state index contributed by atoms with van der Waals surface area (Å²) < 4.78 is 26.8. The van der Waals surface area contributed by atoms with Crippen LogP contribution in [0.1, 0.15) is 26.2 Å². The first kappa shape index (κ1) is 11.3. The van der Waals surface area contributed by atoms with E-state index < -0.39 is 10.0 Å². The number of rotatable bonds is 3. The molecule has 1 fully saturated rings. The van der Waals surface area contributed by atoms with E-state index in [0.717, 1.165) is 30.6 Å². The van der Waals surface area contributed by atoms with Gasteiger partial charge in [0, 0.05) is 5.54 Å². The van der Waals surface area contributed by atoms with Gasteiger partial charge in [0.25, 0.3) is 10.0 Å². The summed E-state index contributed by atoms with van der Waals surface area (Å²) in [6, 6.07) is 0. The second kappa shape index (κ2) is 3.69. The molecule has 0 atom stereocenters. The fourth-order valence-electron chi connectivity index (χ4n) is 1.55. The molecule has 0 aromatic carbocycles. The van der Waals surface area contributed by atoms with Gasteiger partial charge in [0.2, 0.25) is 0 Å². The van der Waals surface area contributed by atoms with Crippen LogP contribution in [0.4, 0.5) is 0 Å². The maximum Gasteiger partial charge on any atom is 0.252 e. The number of nitrogens with one attached hydrogen (secondary N) is 1. The third-order valence-corrected chi connectivity index (χ3v) is 5.77. The Hall–Kier alpha value is -0.170. The summed E-state index contributed by atoms with van der Waals surface area (Å²) in [6.07, 6.45) is 4.14. The first-order valence-corrected chi connectivity index (χ1v) is 7.24. The first-order chi connectivity index (χ1) is 6.91. The first-order valence-electron chi connectivity index (χ1n) is 4.57. The van der Waals surface area contributed by atoms with Crippen LogP contribution in [-0.4, -0.2) is 18.9 Å². The largest absolute Gasteiger partial charge is 0.252 e. The van der Waals surface area contributed by atoms with Crippen molar-refractivity contribution in [2.24, 2.45) is 0 Å². The van der Waals surface area contributed by atoms with Crippen molar-refractivity contribution >= 4 is 33.0 Å². The Kier molecular flexibility index (Phi) is 2.79. The summed E-state index contributed by atoms with van der Waals surface area (Å²) in [5.74, 6) is 0. The lowest BCUT2D eigenvalue weighted by molar-refractivity contribution is 0.248. The third kappa shape index (κ3) is 2.33. The highest BCUT2D eigenvalue weighted by Gasteiger charge is 2.36. The lowest BCUT2D eigenvalue weighted by atomic mass is 9.80. The van der Waals surface area contributed by atoms with Crippen LogP contribution in [0, 0.1) is 0 Å². The molecule has 1 aromatic rings. The van der Waals surface area contributed by atoms with Gasteiger partial charge in [-0.2, -0.15) is 0 Å². The second-order valence-electron chi connectivity index (χ2n) is 3.95. The highest BCUT2D eigenvalue weighted by Crippen LogP contribution is 2.33. The molecule has 4 nitrogen and oxygen atoms in total. The van der Waals surface area contributed by atoms with Gasteiger partial charge in [-0.3, -0.25) is 0 Å². The van der Waals surface area contributed by atoms with Crippen molar-refractivity contribution in [1.29, 1.82) is 0 Å². The lowest BCUT2D eigenvalue weighted by Gasteiger charge is -2.38. The van der Waals surface area contributed by atoms with Gasteiger partial charge in [0.1, 0.15) is 0 Å². The molecule has 0 aliphatic heterocycles. The SMILES string of the molecule is CC1(NS(=O)(=O)c2cnc(Cl)s2)CCC1. The fraction of sp³-hybridized carbons (Fsp3) is 0.625. The molecule has 1 N–H and O–H groups in total. The van der Waals surface area contributed by atoms with E-state index in [9.17, 15) is 8.42 Å². The maximum absolute atomic E-state index is 11.9.